The second kappa shape index (κ2) is 6.54. The molecule has 0 saturated heterocycles. The molecule has 0 aliphatic carbocycles. The number of nitrogens with two attached hydrogens (primary N) is 1. The van der Waals surface area contributed by atoms with E-state index in [1.165, 1.54) is 19.2 Å². The van der Waals surface area contributed by atoms with Crippen molar-refractivity contribution in [2.75, 3.05) is 14.2 Å². The minimum absolute atomic E-state index is 0.265. The monoisotopic (exact) mass is 293 g/mol. The number of rotatable bonds is 5. The smallest absolute Gasteiger partial charge is 0.161 e. The lowest BCUT2D eigenvalue weighted by Crippen LogP contribution is -2.14. The van der Waals surface area contributed by atoms with Gasteiger partial charge in [-0.05, 0) is 35.7 Å². The second-order valence-corrected chi connectivity index (χ2v) is 4.66. The molecule has 2 aromatic rings. The van der Waals surface area contributed by atoms with Gasteiger partial charge in [0.15, 0.2) is 11.5 Å². The average molecular weight is 293 g/mol. The van der Waals surface area contributed by atoms with Gasteiger partial charge in [-0.1, -0.05) is 12.1 Å². The van der Waals surface area contributed by atoms with E-state index in [-0.39, 0.29) is 6.42 Å². The Morgan fingerprint density at radius 3 is 2.33 bits per heavy atom. The van der Waals surface area contributed by atoms with Crippen LogP contribution in [0, 0.1) is 11.6 Å². The minimum atomic E-state index is -0.601. The highest BCUT2D eigenvalue weighted by Crippen LogP contribution is 2.30. The molecule has 21 heavy (non-hydrogen) atoms. The van der Waals surface area contributed by atoms with Crippen molar-refractivity contribution in [3.05, 3.63) is 59.2 Å². The van der Waals surface area contributed by atoms with Crippen molar-refractivity contribution in [3.63, 3.8) is 0 Å². The van der Waals surface area contributed by atoms with Crippen LogP contribution in [-0.4, -0.2) is 14.2 Å². The molecule has 1 atom stereocenters. The predicted molar refractivity (Wildman–Crippen MR) is 76.5 cm³/mol. The maximum absolute atomic E-state index is 13.7. The van der Waals surface area contributed by atoms with Crippen molar-refractivity contribution in [3.8, 4) is 11.5 Å². The molecule has 0 heterocycles. The minimum Gasteiger partial charge on any atom is -0.493 e. The fourth-order valence-corrected chi connectivity index (χ4v) is 2.13. The largest absolute Gasteiger partial charge is 0.493 e. The van der Waals surface area contributed by atoms with Gasteiger partial charge < -0.3 is 15.2 Å². The van der Waals surface area contributed by atoms with E-state index in [0.29, 0.717) is 17.1 Å². The van der Waals surface area contributed by atoms with Crippen molar-refractivity contribution in [1.29, 1.82) is 0 Å². The Kier molecular flexibility index (Phi) is 4.75. The van der Waals surface area contributed by atoms with Gasteiger partial charge in [-0.3, -0.25) is 0 Å². The summed E-state index contributed by atoms with van der Waals surface area (Å²) in [5, 5.41) is 0. The number of hydrogen-bond donors (Lipinski definition) is 1. The number of halogens is 2. The van der Waals surface area contributed by atoms with Gasteiger partial charge in [-0.15, -0.1) is 0 Å². The normalized spacial score (nSPS) is 12.0. The lowest BCUT2D eigenvalue weighted by atomic mass is 9.99. The fourth-order valence-electron chi connectivity index (χ4n) is 2.13. The summed E-state index contributed by atoms with van der Waals surface area (Å²) in [5.74, 6) is -0.0340. The van der Waals surface area contributed by atoms with E-state index in [4.69, 9.17) is 15.2 Å². The molecule has 112 valence electrons. The summed E-state index contributed by atoms with van der Waals surface area (Å²) in [6, 6.07) is 8.36. The number of ether oxygens (including phenoxy) is 2. The van der Waals surface area contributed by atoms with Crippen LogP contribution in [-0.2, 0) is 6.42 Å². The van der Waals surface area contributed by atoms with Crippen molar-refractivity contribution < 1.29 is 18.3 Å². The second-order valence-electron chi connectivity index (χ2n) is 4.66. The Labute approximate surface area is 122 Å². The molecule has 0 amide bonds. The van der Waals surface area contributed by atoms with Gasteiger partial charge in [0.25, 0.3) is 0 Å². The van der Waals surface area contributed by atoms with Crippen molar-refractivity contribution in [1.82, 2.24) is 0 Å². The molecule has 2 aromatic carbocycles. The first kappa shape index (κ1) is 15.3. The molecule has 0 bridgehead atoms. The van der Waals surface area contributed by atoms with E-state index in [1.54, 1.807) is 25.3 Å². The van der Waals surface area contributed by atoms with E-state index in [2.05, 4.69) is 0 Å². The molecule has 0 aliphatic heterocycles. The van der Waals surface area contributed by atoms with Gasteiger partial charge in [-0.25, -0.2) is 8.78 Å². The maximum Gasteiger partial charge on any atom is 0.161 e. The van der Waals surface area contributed by atoms with Crippen LogP contribution in [0.4, 0.5) is 8.78 Å². The van der Waals surface area contributed by atoms with E-state index >= 15 is 0 Å². The molecule has 2 N–H and O–H groups in total. The lowest BCUT2D eigenvalue weighted by molar-refractivity contribution is 0.354. The molecular formula is C16H17F2NO2. The quantitative estimate of drug-likeness (QED) is 0.920. The predicted octanol–water partition coefficient (Wildman–Crippen LogP) is 3.22. The highest BCUT2D eigenvalue weighted by molar-refractivity contribution is 5.44. The lowest BCUT2D eigenvalue weighted by Gasteiger charge is -2.15. The molecule has 2 rings (SSSR count). The van der Waals surface area contributed by atoms with Crippen LogP contribution in [0.1, 0.15) is 17.2 Å². The summed E-state index contributed by atoms with van der Waals surface area (Å²) < 4.78 is 36.9. The van der Waals surface area contributed by atoms with E-state index in [1.807, 2.05) is 0 Å². The molecule has 0 saturated carbocycles. The summed E-state index contributed by atoms with van der Waals surface area (Å²) >= 11 is 0. The van der Waals surface area contributed by atoms with Gasteiger partial charge in [0.2, 0.25) is 0 Å². The van der Waals surface area contributed by atoms with Crippen molar-refractivity contribution in [2.45, 2.75) is 12.5 Å². The molecule has 0 aliphatic rings. The van der Waals surface area contributed by atoms with Gasteiger partial charge in [0, 0.05) is 12.1 Å². The topological polar surface area (TPSA) is 44.5 Å². The molecule has 5 heteroatoms. The Hall–Kier alpha value is -2.14. The number of methoxy groups -OCH3 is 2. The summed E-state index contributed by atoms with van der Waals surface area (Å²) in [6.45, 7) is 0. The van der Waals surface area contributed by atoms with Crippen LogP contribution in [0.2, 0.25) is 0 Å². The van der Waals surface area contributed by atoms with Crippen LogP contribution in [0.25, 0.3) is 0 Å². The van der Waals surface area contributed by atoms with E-state index in [0.717, 1.165) is 11.6 Å². The molecule has 1 unspecified atom stereocenters. The summed E-state index contributed by atoms with van der Waals surface area (Å²) in [5.41, 5.74) is 7.25. The first-order valence-electron chi connectivity index (χ1n) is 6.46. The zero-order chi connectivity index (χ0) is 15.4. The molecule has 0 fully saturated rings. The molecule has 0 radical (unpaired) electrons. The van der Waals surface area contributed by atoms with E-state index in [9.17, 15) is 8.78 Å². The third-order valence-corrected chi connectivity index (χ3v) is 3.29. The summed E-state index contributed by atoms with van der Waals surface area (Å²) in [4.78, 5) is 0. The van der Waals surface area contributed by atoms with E-state index < -0.39 is 17.7 Å². The van der Waals surface area contributed by atoms with Gasteiger partial charge in [-0.2, -0.15) is 0 Å². The Morgan fingerprint density at radius 2 is 1.71 bits per heavy atom. The van der Waals surface area contributed by atoms with Crippen LogP contribution in [0.15, 0.2) is 36.4 Å². The SMILES string of the molecule is COc1ccc(C(N)Cc2ccc(F)cc2F)cc1OC. The third kappa shape index (κ3) is 3.49. The highest BCUT2D eigenvalue weighted by Gasteiger charge is 2.13. The molecular weight excluding hydrogens is 276 g/mol. The summed E-state index contributed by atoms with van der Waals surface area (Å²) in [7, 11) is 3.08. The van der Waals surface area contributed by atoms with Crippen molar-refractivity contribution >= 4 is 0 Å². The molecule has 0 spiro atoms. The zero-order valence-corrected chi connectivity index (χ0v) is 11.9. The number of hydrogen-bond acceptors (Lipinski definition) is 3. The van der Waals surface area contributed by atoms with Crippen LogP contribution >= 0.6 is 0 Å². The average Bonchev–Trinajstić information content (AvgIpc) is 2.49. The zero-order valence-electron chi connectivity index (χ0n) is 11.9. The number of benzene rings is 2. The Balaban J connectivity index is 2.21. The van der Waals surface area contributed by atoms with Gasteiger partial charge >= 0.3 is 0 Å². The van der Waals surface area contributed by atoms with Crippen molar-refractivity contribution in [2.24, 2.45) is 5.73 Å². The maximum atomic E-state index is 13.7. The van der Waals surface area contributed by atoms with Crippen LogP contribution < -0.4 is 15.2 Å². The highest BCUT2D eigenvalue weighted by atomic mass is 19.1. The molecule has 0 aromatic heterocycles. The van der Waals surface area contributed by atoms with Gasteiger partial charge in [0.05, 0.1) is 14.2 Å². The Bertz CT molecular complexity index is 632. The first-order valence-corrected chi connectivity index (χ1v) is 6.46. The fraction of sp³-hybridized carbons (Fsp3) is 0.250. The van der Waals surface area contributed by atoms with Gasteiger partial charge in [0.1, 0.15) is 11.6 Å². The van der Waals surface area contributed by atoms with Crippen LogP contribution in [0.3, 0.4) is 0 Å². The standard InChI is InChI=1S/C16H17F2NO2/c1-20-15-6-4-11(8-16(15)21-2)14(19)7-10-3-5-12(17)9-13(10)18/h3-6,8-9,14H,7,19H2,1-2H3. The molecule has 3 nitrogen and oxygen atoms in total. The first-order chi connectivity index (χ1) is 10.0. The third-order valence-electron chi connectivity index (χ3n) is 3.29. The van der Waals surface area contributed by atoms with Crippen LogP contribution in [0.5, 0.6) is 11.5 Å². The summed E-state index contributed by atoms with van der Waals surface area (Å²) in [6.07, 6.45) is 0.265. The Morgan fingerprint density at radius 1 is 1.00 bits per heavy atom.